The van der Waals surface area contributed by atoms with Crippen molar-refractivity contribution in [2.75, 3.05) is 31.6 Å². The van der Waals surface area contributed by atoms with Crippen LogP contribution in [0.1, 0.15) is 26.2 Å². The number of rotatable bonds is 6. The Balaban J connectivity index is 2.21. The Morgan fingerprint density at radius 1 is 1.37 bits per heavy atom. The van der Waals surface area contributed by atoms with E-state index in [0.29, 0.717) is 18.8 Å². The summed E-state index contributed by atoms with van der Waals surface area (Å²) in [6.07, 6.45) is -0.0851. The Labute approximate surface area is 115 Å². The molecule has 1 aliphatic rings. The van der Waals surface area contributed by atoms with Crippen LogP contribution in [-0.2, 0) is 10.8 Å². The number of hydrogen-bond donors (Lipinski definition) is 1. The molecule has 19 heavy (non-hydrogen) atoms. The van der Waals surface area contributed by atoms with E-state index in [0.717, 1.165) is 19.3 Å². The smallest absolute Gasteiger partial charge is 0.311 e. The van der Waals surface area contributed by atoms with Gasteiger partial charge >= 0.3 is 6.18 Å². The van der Waals surface area contributed by atoms with Crippen molar-refractivity contribution in [3.05, 3.63) is 0 Å². The average molecular weight is 300 g/mol. The molecule has 2 unspecified atom stereocenters. The zero-order chi connectivity index (χ0) is 14.5. The first-order valence-electron chi connectivity index (χ1n) is 6.61. The van der Waals surface area contributed by atoms with Crippen molar-refractivity contribution in [2.45, 2.75) is 44.4 Å². The Morgan fingerprint density at radius 3 is 2.42 bits per heavy atom. The lowest BCUT2D eigenvalue weighted by molar-refractivity contribution is -0.148. The van der Waals surface area contributed by atoms with E-state index in [1.54, 1.807) is 6.26 Å². The molecule has 0 saturated carbocycles. The van der Waals surface area contributed by atoms with Crippen molar-refractivity contribution in [3.63, 3.8) is 0 Å². The molecule has 0 bridgehead atoms. The molecule has 2 atom stereocenters. The van der Waals surface area contributed by atoms with Crippen molar-refractivity contribution in [3.8, 4) is 0 Å². The van der Waals surface area contributed by atoms with Crippen LogP contribution in [0.5, 0.6) is 0 Å². The van der Waals surface area contributed by atoms with Crippen molar-refractivity contribution in [1.82, 2.24) is 10.2 Å². The highest BCUT2D eigenvalue weighted by Crippen LogP contribution is 2.20. The predicted molar refractivity (Wildman–Crippen MR) is 71.7 cm³/mol. The van der Waals surface area contributed by atoms with Crippen LogP contribution in [0.3, 0.4) is 0 Å². The molecule has 7 heteroatoms. The summed E-state index contributed by atoms with van der Waals surface area (Å²) in [5, 5.41) is 3.42. The van der Waals surface area contributed by atoms with E-state index in [1.807, 2.05) is 6.92 Å². The van der Waals surface area contributed by atoms with Crippen molar-refractivity contribution in [1.29, 1.82) is 0 Å². The van der Waals surface area contributed by atoms with Gasteiger partial charge in [0.2, 0.25) is 0 Å². The van der Waals surface area contributed by atoms with Gasteiger partial charge in [0.25, 0.3) is 0 Å². The molecule has 0 aromatic carbocycles. The van der Waals surface area contributed by atoms with Crippen LogP contribution < -0.4 is 5.32 Å². The topological polar surface area (TPSA) is 32.3 Å². The Kier molecular flexibility index (Phi) is 6.76. The van der Waals surface area contributed by atoms with Crippen molar-refractivity contribution in [2.24, 2.45) is 0 Å². The van der Waals surface area contributed by atoms with Crippen molar-refractivity contribution < 1.29 is 17.4 Å². The van der Waals surface area contributed by atoms with Gasteiger partial charge in [0, 0.05) is 34.9 Å². The lowest BCUT2D eigenvalue weighted by atomic mass is 10.0. The minimum absolute atomic E-state index is 0.267. The summed E-state index contributed by atoms with van der Waals surface area (Å²) in [5.41, 5.74) is 0. The van der Waals surface area contributed by atoms with Crippen LogP contribution >= 0.6 is 0 Å². The quantitative estimate of drug-likeness (QED) is 0.811. The summed E-state index contributed by atoms with van der Waals surface area (Å²) in [6.45, 7) is 2.21. The predicted octanol–water partition coefficient (Wildman–Crippen LogP) is 1.76. The van der Waals surface area contributed by atoms with Gasteiger partial charge in [-0.1, -0.05) is 0 Å². The Hall–Kier alpha value is -0.140. The van der Waals surface area contributed by atoms with E-state index < -0.39 is 23.5 Å². The fraction of sp³-hybridized carbons (Fsp3) is 1.00. The SMILES string of the molecule is CC(CCS(C)=O)NC1CCN(CC(F)(F)F)CC1. The first-order valence-corrected chi connectivity index (χ1v) is 8.34. The molecule has 1 heterocycles. The van der Waals surface area contributed by atoms with Crippen LogP contribution in [-0.4, -0.2) is 59.0 Å². The molecule has 1 aliphatic heterocycles. The number of nitrogens with one attached hydrogen (secondary N) is 1. The van der Waals surface area contributed by atoms with Gasteiger partial charge in [0.05, 0.1) is 6.54 Å². The third-order valence-electron chi connectivity index (χ3n) is 3.35. The summed E-state index contributed by atoms with van der Waals surface area (Å²) in [5.74, 6) is 0.668. The lowest BCUT2D eigenvalue weighted by Gasteiger charge is -2.34. The highest BCUT2D eigenvalue weighted by atomic mass is 32.2. The van der Waals surface area contributed by atoms with Gasteiger partial charge < -0.3 is 5.32 Å². The maximum Gasteiger partial charge on any atom is 0.401 e. The highest BCUT2D eigenvalue weighted by Gasteiger charge is 2.32. The van der Waals surface area contributed by atoms with Gasteiger partial charge in [-0.2, -0.15) is 13.2 Å². The largest absolute Gasteiger partial charge is 0.401 e. The standard InChI is InChI=1S/C12H23F3N2OS/c1-10(5-8-19(2)18)16-11-3-6-17(7-4-11)9-12(13,14)15/h10-11,16H,3-9H2,1-2H3. The first kappa shape index (κ1) is 16.9. The maximum absolute atomic E-state index is 12.2. The molecule has 0 aromatic rings. The van der Waals surface area contributed by atoms with Gasteiger partial charge in [-0.25, -0.2) is 0 Å². The Bertz CT molecular complexity index is 291. The number of alkyl halides is 3. The number of likely N-dealkylation sites (tertiary alicyclic amines) is 1. The Morgan fingerprint density at radius 2 is 1.95 bits per heavy atom. The maximum atomic E-state index is 12.2. The monoisotopic (exact) mass is 300 g/mol. The molecular formula is C12H23F3N2OS. The van der Waals surface area contributed by atoms with Gasteiger partial charge in [-0.05, 0) is 39.3 Å². The van der Waals surface area contributed by atoms with Gasteiger partial charge in [0.1, 0.15) is 0 Å². The number of hydrogen-bond acceptors (Lipinski definition) is 3. The van der Waals surface area contributed by atoms with Gasteiger partial charge in [0.15, 0.2) is 0 Å². The molecule has 0 aliphatic carbocycles. The van der Waals surface area contributed by atoms with E-state index in [9.17, 15) is 17.4 Å². The van der Waals surface area contributed by atoms with Crippen LogP contribution in [0.2, 0.25) is 0 Å². The third-order valence-corrected chi connectivity index (χ3v) is 4.16. The highest BCUT2D eigenvalue weighted by molar-refractivity contribution is 7.84. The van der Waals surface area contributed by atoms with Crippen LogP contribution in [0.25, 0.3) is 0 Å². The second-order valence-electron chi connectivity index (χ2n) is 5.30. The van der Waals surface area contributed by atoms with E-state index in [2.05, 4.69) is 5.32 Å². The normalized spacial score (nSPS) is 22.4. The van der Waals surface area contributed by atoms with Crippen LogP contribution in [0.15, 0.2) is 0 Å². The summed E-state index contributed by atoms with van der Waals surface area (Å²) < 4.78 is 47.7. The molecule has 3 nitrogen and oxygen atoms in total. The molecule has 0 aromatic heterocycles. The number of piperidine rings is 1. The molecule has 114 valence electrons. The summed E-state index contributed by atoms with van der Waals surface area (Å²) in [6, 6.07) is 0.549. The van der Waals surface area contributed by atoms with Gasteiger partial charge in [-0.3, -0.25) is 9.11 Å². The number of halogens is 3. The van der Waals surface area contributed by atoms with Gasteiger partial charge in [-0.15, -0.1) is 0 Å². The molecule has 1 N–H and O–H groups in total. The molecule has 0 spiro atoms. The summed E-state index contributed by atoms with van der Waals surface area (Å²) >= 11 is 0. The fourth-order valence-corrected chi connectivity index (χ4v) is 3.03. The second kappa shape index (κ2) is 7.59. The molecule has 0 radical (unpaired) electrons. The molecule has 1 rings (SSSR count). The summed E-state index contributed by atoms with van der Waals surface area (Å²) in [4.78, 5) is 1.46. The lowest BCUT2D eigenvalue weighted by Crippen LogP contribution is -2.47. The van der Waals surface area contributed by atoms with E-state index in [1.165, 1.54) is 4.90 Å². The third kappa shape index (κ3) is 7.89. The molecule has 1 saturated heterocycles. The number of nitrogens with zero attached hydrogens (tertiary/aromatic N) is 1. The second-order valence-corrected chi connectivity index (χ2v) is 6.85. The average Bonchev–Trinajstić information content (AvgIpc) is 2.27. The molecule has 1 fully saturated rings. The van der Waals surface area contributed by atoms with Crippen LogP contribution in [0.4, 0.5) is 13.2 Å². The van der Waals surface area contributed by atoms with Crippen LogP contribution in [0, 0.1) is 0 Å². The fourth-order valence-electron chi connectivity index (χ4n) is 2.34. The zero-order valence-electron chi connectivity index (χ0n) is 11.5. The van der Waals surface area contributed by atoms with E-state index in [4.69, 9.17) is 0 Å². The molecule has 0 amide bonds. The minimum Gasteiger partial charge on any atom is -0.311 e. The zero-order valence-corrected chi connectivity index (χ0v) is 12.3. The first-order chi connectivity index (χ1) is 8.76. The minimum atomic E-state index is -4.10. The van der Waals surface area contributed by atoms with Crippen molar-refractivity contribution >= 4 is 10.8 Å². The van der Waals surface area contributed by atoms with E-state index in [-0.39, 0.29) is 12.1 Å². The summed E-state index contributed by atoms with van der Waals surface area (Å²) in [7, 11) is -0.783. The molecular weight excluding hydrogens is 277 g/mol. The van der Waals surface area contributed by atoms with E-state index >= 15 is 0 Å².